The molecule has 0 atom stereocenters. The molecule has 25 heavy (non-hydrogen) atoms. The van der Waals surface area contributed by atoms with Crippen molar-refractivity contribution in [3.05, 3.63) is 16.1 Å². The SMILES string of the molecule is CCOC=O.Cc1csc(CN2CCN(C(=O)OC(C)(C)C)CC2)n1. The van der Waals surface area contributed by atoms with Crippen molar-refractivity contribution in [1.29, 1.82) is 0 Å². The number of rotatable bonds is 4. The second kappa shape index (κ2) is 10.4. The number of hydrogen-bond acceptors (Lipinski definition) is 7. The van der Waals surface area contributed by atoms with Gasteiger partial charge in [-0.25, -0.2) is 9.78 Å². The van der Waals surface area contributed by atoms with Crippen LogP contribution in [0.2, 0.25) is 0 Å². The van der Waals surface area contributed by atoms with Crippen LogP contribution in [0.1, 0.15) is 38.4 Å². The number of aromatic nitrogens is 1. The van der Waals surface area contributed by atoms with E-state index in [4.69, 9.17) is 4.74 Å². The average Bonchev–Trinajstić information content (AvgIpc) is 2.93. The van der Waals surface area contributed by atoms with E-state index in [9.17, 15) is 9.59 Å². The van der Waals surface area contributed by atoms with Gasteiger partial charge in [-0.3, -0.25) is 9.69 Å². The molecule has 2 heterocycles. The molecule has 0 bridgehead atoms. The molecule has 0 N–H and O–H groups in total. The summed E-state index contributed by atoms with van der Waals surface area (Å²) < 4.78 is 9.54. The van der Waals surface area contributed by atoms with E-state index in [1.54, 1.807) is 23.2 Å². The van der Waals surface area contributed by atoms with Crippen molar-refractivity contribution in [2.75, 3.05) is 32.8 Å². The minimum absolute atomic E-state index is 0.206. The predicted molar refractivity (Wildman–Crippen MR) is 97.6 cm³/mol. The number of hydrogen-bond donors (Lipinski definition) is 0. The summed E-state index contributed by atoms with van der Waals surface area (Å²) in [5.74, 6) is 0. The fourth-order valence-corrected chi connectivity index (χ4v) is 2.96. The number of thiazole rings is 1. The third kappa shape index (κ3) is 8.83. The van der Waals surface area contributed by atoms with Crippen LogP contribution in [0.25, 0.3) is 0 Å². The van der Waals surface area contributed by atoms with E-state index >= 15 is 0 Å². The fraction of sp³-hybridized carbons (Fsp3) is 0.706. The van der Waals surface area contributed by atoms with Crippen molar-refractivity contribution >= 4 is 23.9 Å². The summed E-state index contributed by atoms with van der Waals surface area (Å²) in [5, 5.41) is 3.22. The van der Waals surface area contributed by atoms with Crippen LogP contribution in [0.4, 0.5) is 4.79 Å². The first-order chi connectivity index (χ1) is 11.7. The van der Waals surface area contributed by atoms with Crippen molar-refractivity contribution in [3.8, 4) is 0 Å². The van der Waals surface area contributed by atoms with Crippen LogP contribution in [-0.4, -0.2) is 65.7 Å². The molecule has 0 unspecified atom stereocenters. The normalized spacial score (nSPS) is 15.2. The molecule has 1 aliphatic heterocycles. The third-order valence-corrected chi connectivity index (χ3v) is 4.24. The van der Waals surface area contributed by atoms with Gasteiger partial charge in [0.15, 0.2) is 0 Å². The van der Waals surface area contributed by atoms with E-state index in [1.165, 1.54) is 0 Å². The lowest BCUT2D eigenvalue weighted by atomic mass is 10.2. The van der Waals surface area contributed by atoms with Crippen LogP contribution >= 0.6 is 11.3 Å². The molecule has 0 aromatic carbocycles. The van der Waals surface area contributed by atoms with E-state index in [-0.39, 0.29) is 6.09 Å². The van der Waals surface area contributed by atoms with Crippen molar-refractivity contribution < 1.29 is 19.1 Å². The summed E-state index contributed by atoms with van der Waals surface area (Å²) in [7, 11) is 0. The summed E-state index contributed by atoms with van der Waals surface area (Å²) in [6.07, 6.45) is -0.206. The Labute approximate surface area is 153 Å². The number of nitrogens with zero attached hydrogens (tertiary/aromatic N) is 3. The zero-order chi connectivity index (χ0) is 18.9. The highest BCUT2D eigenvalue weighted by Gasteiger charge is 2.25. The summed E-state index contributed by atoms with van der Waals surface area (Å²) in [4.78, 5) is 29.7. The molecule has 0 radical (unpaired) electrons. The molecular formula is C17H29N3O4S. The second-order valence-corrected chi connectivity index (χ2v) is 7.62. The molecule has 1 aromatic heterocycles. The molecule has 7 nitrogen and oxygen atoms in total. The molecule has 2 rings (SSSR count). The van der Waals surface area contributed by atoms with Gasteiger partial charge >= 0.3 is 6.09 Å². The van der Waals surface area contributed by atoms with E-state index in [0.717, 1.165) is 43.4 Å². The van der Waals surface area contributed by atoms with Crippen LogP contribution < -0.4 is 0 Å². The summed E-state index contributed by atoms with van der Waals surface area (Å²) in [5.41, 5.74) is 0.657. The van der Waals surface area contributed by atoms with Crippen LogP contribution in [0.5, 0.6) is 0 Å². The first-order valence-corrected chi connectivity index (χ1v) is 9.29. The van der Waals surface area contributed by atoms with Crippen LogP contribution in [0.15, 0.2) is 5.38 Å². The molecule has 142 valence electrons. The Morgan fingerprint density at radius 1 is 1.32 bits per heavy atom. The minimum Gasteiger partial charge on any atom is -0.468 e. The summed E-state index contributed by atoms with van der Waals surface area (Å²) in [6, 6.07) is 0. The van der Waals surface area contributed by atoms with Crippen molar-refractivity contribution in [1.82, 2.24) is 14.8 Å². The quantitative estimate of drug-likeness (QED) is 0.758. The summed E-state index contributed by atoms with van der Waals surface area (Å²) >= 11 is 1.70. The Morgan fingerprint density at radius 2 is 1.96 bits per heavy atom. The second-order valence-electron chi connectivity index (χ2n) is 6.68. The number of carbonyl (C=O) groups excluding carboxylic acids is 2. The van der Waals surface area contributed by atoms with Crippen LogP contribution in [-0.2, 0) is 20.8 Å². The highest BCUT2D eigenvalue weighted by molar-refractivity contribution is 7.09. The predicted octanol–water partition coefficient (Wildman–Crippen LogP) is 2.68. The lowest BCUT2D eigenvalue weighted by Gasteiger charge is -2.35. The number of carbonyl (C=O) groups is 2. The molecule has 1 aliphatic rings. The highest BCUT2D eigenvalue weighted by atomic mass is 32.1. The number of ether oxygens (including phenoxy) is 2. The molecule has 1 fully saturated rings. The molecular weight excluding hydrogens is 342 g/mol. The monoisotopic (exact) mass is 371 g/mol. The largest absolute Gasteiger partial charge is 0.468 e. The van der Waals surface area contributed by atoms with E-state index in [0.29, 0.717) is 13.1 Å². The Kier molecular flexibility index (Phi) is 8.85. The maximum Gasteiger partial charge on any atom is 0.410 e. The van der Waals surface area contributed by atoms with E-state index in [1.807, 2.05) is 27.7 Å². The van der Waals surface area contributed by atoms with Gasteiger partial charge in [-0.1, -0.05) is 0 Å². The lowest BCUT2D eigenvalue weighted by Crippen LogP contribution is -2.49. The standard InChI is InChI=1S/C14H23N3O2S.C3H6O2/c1-11-10-20-12(15-11)9-16-5-7-17(8-6-16)13(18)19-14(2,3)4;1-2-5-3-4/h10H,5-9H2,1-4H3;3H,2H2,1H3. The first-order valence-electron chi connectivity index (χ1n) is 8.41. The number of amides is 1. The van der Waals surface area contributed by atoms with Gasteiger partial charge in [0, 0.05) is 37.3 Å². The van der Waals surface area contributed by atoms with Crippen molar-refractivity contribution in [2.24, 2.45) is 0 Å². The van der Waals surface area contributed by atoms with Crippen molar-refractivity contribution in [3.63, 3.8) is 0 Å². The lowest BCUT2D eigenvalue weighted by molar-refractivity contribution is -0.128. The van der Waals surface area contributed by atoms with Gasteiger partial charge in [-0.15, -0.1) is 11.3 Å². The number of aryl methyl sites for hydroxylation is 1. The van der Waals surface area contributed by atoms with Gasteiger partial charge in [-0.2, -0.15) is 0 Å². The van der Waals surface area contributed by atoms with Crippen LogP contribution in [0.3, 0.4) is 0 Å². The number of piperazine rings is 1. The smallest absolute Gasteiger partial charge is 0.410 e. The minimum atomic E-state index is -0.424. The highest BCUT2D eigenvalue weighted by Crippen LogP contribution is 2.15. The molecule has 1 amide bonds. The van der Waals surface area contributed by atoms with Gasteiger partial charge in [0.05, 0.1) is 13.2 Å². The zero-order valence-electron chi connectivity index (χ0n) is 15.8. The maximum atomic E-state index is 12.0. The summed E-state index contributed by atoms with van der Waals surface area (Å²) in [6.45, 7) is 14.4. The maximum absolute atomic E-state index is 12.0. The molecule has 8 heteroatoms. The topological polar surface area (TPSA) is 72.0 Å². The molecule has 1 saturated heterocycles. The Balaban J connectivity index is 0.000000550. The van der Waals surface area contributed by atoms with Gasteiger partial charge in [0.2, 0.25) is 0 Å². The fourth-order valence-electron chi connectivity index (χ4n) is 2.15. The Hall–Kier alpha value is -1.67. The van der Waals surface area contributed by atoms with Gasteiger partial charge < -0.3 is 14.4 Å². The Morgan fingerprint density at radius 3 is 2.36 bits per heavy atom. The average molecular weight is 372 g/mol. The van der Waals surface area contributed by atoms with E-state index < -0.39 is 5.60 Å². The molecule has 0 aliphatic carbocycles. The van der Waals surface area contributed by atoms with Crippen molar-refractivity contribution in [2.45, 2.75) is 46.8 Å². The molecule has 0 saturated carbocycles. The van der Waals surface area contributed by atoms with E-state index in [2.05, 4.69) is 20.0 Å². The molecule has 0 spiro atoms. The molecule has 1 aromatic rings. The van der Waals surface area contributed by atoms with Crippen LogP contribution in [0, 0.1) is 6.92 Å². The van der Waals surface area contributed by atoms with Gasteiger partial charge in [-0.05, 0) is 34.6 Å². The third-order valence-electron chi connectivity index (χ3n) is 3.28. The van der Waals surface area contributed by atoms with Gasteiger partial charge in [0.1, 0.15) is 10.6 Å². The Bertz CT molecular complexity index is 534. The first kappa shape index (κ1) is 21.4. The zero-order valence-corrected chi connectivity index (χ0v) is 16.6. The van der Waals surface area contributed by atoms with Gasteiger partial charge in [0.25, 0.3) is 6.47 Å².